The zero-order valence-corrected chi connectivity index (χ0v) is 7.72. The molecule has 5 heteroatoms. The van der Waals surface area contributed by atoms with E-state index in [1.54, 1.807) is 17.7 Å². The number of halogens is 1. The molecular weight excluding hydrogens is 194 g/mol. The predicted octanol–water partition coefficient (Wildman–Crippen LogP) is 2.07. The number of aromatic nitrogens is 3. The van der Waals surface area contributed by atoms with Gasteiger partial charge in [-0.25, -0.2) is 0 Å². The van der Waals surface area contributed by atoms with Crippen molar-refractivity contribution < 1.29 is 0 Å². The minimum atomic E-state index is 0.385. The van der Waals surface area contributed by atoms with Crippen molar-refractivity contribution in [3.05, 3.63) is 29.0 Å². The molecule has 0 radical (unpaired) electrons. The van der Waals surface area contributed by atoms with Gasteiger partial charge in [-0.2, -0.15) is 11.3 Å². The minimum absolute atomic E-state index is 0.385. The lowest BCUT2D eigenvalue weighted by molar-refractivity contribution is 0.955. The fraction of sp³-hybridized carbons (Fsp3) is 0.143. The van der Waals surface area contributed by atoms with E-state index >= 15 is 0 Å². The molecule has 12 heavy (non-hydrogen) atoms. The Morgan fingerprint density at radius 3 is 3.17 bits per heavy atom. The van der Waals surface area contributed by atoms with Crippen molar-refractivity contribution in [3.63, 3.8) is 0 Å². The van der Waals surface area contributed by atoms with Crippen molar-refractivity contribution in [2.24, 2.45) is 0 Å². The highest BCUT2D eigenvalue weighted by Gasteiger charge is 2.03. The van der Waals surface area contributed by atoms with E-state index in [1.807, 2.05) is 21.4 Å². The van der Waals surface area contributed by atoms with Crippen LogP contribution >= 0.6 is 22.9 Å². The van der Waals surface area contributed by atoms with Crippen LogP contribution < -0.4 is 0 Å². The summed E-state index contributed by atoms with van der Waals surface area (Å²) in [5, 5.41) is 11.7. The summed E-state index contributed by atoms with van der Waals surface area (Å²) in [5.41, 5.74) is 1.07. The van der Waals surface area contributed by atoms with E-state index in [-0.39, 0.29) is 0 Å². The molecular formula is C7H6ClN3S. The highest BCUT2D eigenvalue weighted by Crippen LogP contribution is 2.13. The monoisotopic (exact) mass is 199 g/mol. The molecule has 0 unspecified atom stereocenters. The van der Waals surface area contributed by atoms with E-state index in [9.17, 15) is 0 Å². The molecule has 2 aromatic heterocycles. The maximum atomic E-state index is 5.67. The second-order valence-electron chi connectivity index (χ2n) is 2.23. The lowest BCUT2D eigenvalue weighted by Crippen LogP contribution is -1.95. The molecule has 0 atom stereocenters. The fourth-order valence-corrected chi connectivity index (χ4v) is 1.77. The van der Waals surface area contributed by atoms with Gasteiger partial charge in [-0.05, 0) is 11.4 Å². The van der Waals surface area contributed by atoms with E-state index in [4.69, 9.17) is 11.6 Å². The molecule has 0 fully saturated rings. The zero-order chi connectivity index (χ0) is 8.39. The second kappa shape index (κ2) is 3.25. The van der Waals surface area contributed by atoms with Crippen molar-refractivity contribution in [1.82, 2.24) is 14.8 Å². The first kappa shape index (κ1) is 7.76. The van der Waals surface area contributed by atoms with Crippen LogP contribution in [0.15, 0.2) is 23.2 Å². The molecule has 2 heterocycles. The molecule has 0 spiro atoms. The lowest BCUT2D eigenvalue weighted by atomic mass is 10.5. The van der Waals surface area contributed by atoms with Gasteiger partial charge in [0.15, 0.2) is 5.82 Å². The number of thiophene rings is 1. The molecule has 0 aliphatic carbocycles. The summed E-state index contributed by atoms with van der Waals surface area (Å²) in [6.45, 7) is 0. The Morgan fingerprint density at radius 1 is 1.58 bits per heavy atom. The van der Waals surface area contributed by atoms with Gasteiger partial charge in [0.2, 0.25) is 0 Å². The van der Waals surface area contributed by atoms with Gasteiger partial charge in [0, 0.05) is 5.38 Å². The van der Waals surface area contributed by atoms with Crippen LogP contribution in [0.2, 0.25) is 0 Å². The normalized spacial score (nSPS) is 10.4. The summed E-state index contributed by atoms with van der Waals surface area (Å²) < 4.78 is 1.88. The Labute approximate surface area is 78.6 Å². The quantitative estimate of drug-likeness (QED) is 0.694. The SMILES string of the molecule is ClCc1nncn1-c1ccsc1. The van der Waals surface area contributed by atoms with Crippen molar-refractivity contribution in [1.29, 1.82) is 0 Å². The standard InChI is InChI=1S/C7H6ClN3S/c8-3-7-10-9-5-11(7)6-1-2-12-4-6/h1-2,4-5H,3H2. The highest BCUT2D eigenvalue weighted by atomic mass is 35.5. The molecule has 0 saturated carbocycles. The molecule has 2 rings (SSSR count). The summed E-state index contributed by atoms with van der Waals surface area (Å²) >= 11 is 7.31. The average Bonchev–Trinajstić information content (AvgIpc) is 2.74. The van der Waals surface area contributed by atoms with E-state index in [0.717, 1.165) is 11.5 Å². The molecule has 2 aromatic rings. The van der Waals surface area contributed by atoms with Crippen molar-refractivity contribution >= 4 is 22.9 Å². The minimum Gasteiger partial charge on any atom is -0.284 e. The van der Waals surface area contributed by atoms with Crippen LogP contribution in [0.25, 0.3) is 5.69 Å². The molecule has 0 aromatic carbocycles. The average molecular weight is 200 g/mol. The second-order valence-corrected chi connectivity index (χ2v) is 3.28. The zero-order valence-electron chi connectivity index (χ0n) is 6.14. The number of rotatable bonds is 2. The highest BCUT2D eigenvalue weighted by molar-refractivity contribution is 7.08. The number of hydrogen-bond acceptors (Lipinski definition) is 3. The van der Waals surface area contributed by atoms with Crippen LogP contribution in [0, 0.1) is 0 Å². The molecule has 0 bridgehead atoms. The number of alkyl halides is 1. The van der Waals surface area contributed by atoms with E-state index < -0.39 is 0 Å². The molecule has 0 N–H and O–H groups in total. The Morgan fingerprint density at radius 2 is 2.50 bits per heavy atom. The first-order valence-corrected chi connectivity index (χ1v) is 4.87. The molecule has 0 aliphatic rings. The Hall–Kier alpha value is -0.870. The van der Waals surface area contributed by atoms with Crippen LogP contribution in [0.4, 0.5) is 0 Å². The molecule has 3 nitrogen and oxygen atoms in total. The van der Waals surface area contributed by atoms with Crippen LogP contribution in [0.5, 0.6) is 0 Å². The third kappa shape index (κ3) is 1.23. The van der Waals surface area contributed by atoms with Crippen LogP contribution in [-0.4, -0.2) is 14.8 Å². The third-order valence-corrected chi connectivity index (χ3v) is 2.43. The van der Waals surface area contributed by atoms with Crippen LogP contribution in [-0.2, 0) is 5.88 Å². The summed E-state index contributed by atoms with van der Waals surface area (Å²) in [6, 6.07) is 2.00. The maximum Gasteiger partial charge on any atom is 0.152 e. The fourth-order valence-electron chi connectivity index (χ4n) is 0.960. The molecule has 0 aliphatic heterocycles. The van der Waals surface area contributed by atoms with Gasteiger partial charge in [-0.3, -0.25) is 4.57 Å². The number of nitrogens with zero attached hydrogens (tertiary/aromatic N) is 3. The summed E-state index contributed by atoms with van der Waals surface area (Å²) in [4.78, 5) is 0. The Balaban J connectivity index is 2.46. The van der Waals surface area contributed by atoms with Crippen molar-refractivity contribution in [2.45, 2.75) is 5.88 Å². The maximum absolute atomic E-state index is 5.67. The van der Waals surface area contributed by atoms with Crippen molar-refractivity contribution in [3.8, 4) is 5.69 Å². The molecule has 0 saturated heterocycles. The summed E-state index contributed by atoms with van der Waals surface area (Å²) in [6.07, 6.45) is 1.67. The first-order valence-electron chi connectivity index (χ1n) is 3.39. The third-order valence-electron chi connectivity index (χ3n) is 1.52. The van der Waals surface area contributed by atoms with Gasteiger partial charge in [0.25, 0.3) is 0 Å². The topological polar surface area (TPSA) is 30.7 Å². The smallest absolute Gasteiger partial charge is 0.152 e. The summed E-state index contributed by atoms with van der Waals surface area (Å²) in [5.74, 6) is 1.16. The van der Waals surface area contributed by atoms with Gasteiger partial charge in [-0.1, -0.05) is 0 Å². The van der Waals surface area contributed by atoms with Gasteiger partial charge in [-0.15, -0.1) is 21.8 Å². The van der Waals surface area contributed by atoms with E-state index in [2.05, 4.69) is 10.2 Å². The van der Waals surface area contributed by atoms with E-state index in [1.165, 1.54) is 0 Å². The predicted molar refractivity (Wildman–Crippen MR) is 48.8 cm³/mol. The van der Waals surface area contributed by atoms with E-state index in [0.29, 0.717) is 5.88 Å². The lowest BCUT2D eigenvalue weighted by Gasteiger charge is -1.98. The van der Waals surface area contributed by atoms with Gasteiger partial charge in [0.1, 0.15) is 6.33 Å². The van der Waals surface area contributed by atoms with Gasteiger partial charge < -0.3 is 0 Å². The van der Waals surface area contributed by atoms with Gasteiger partial charge >= 0.3 is 0 Å². The first-order chi connectivity index (χ1) is 5.92. The largest absolute Gasteiger partial charge is 0.284 e. The molecule has 0 amide bonds. The van der Waals surface area contributed by atoms with Crippen LogP contribution in [0.3, 0.4) is 0 Å². The number of hydrogen-bond donors (Lipinski definition) is 0. The Kier molecular flexibility index (Phi) is 2.10. The van der Waals surface area contributed by atoms with Crippen LogP contribution in [0.1, 0.15) is 5.82 Å². The van der Waals surface area contributed by atoms with Crippen molar-refractivity contribution in [2.75, 3.05) is 0 Å². The van der Waals surface area contributed by atoms with Gasteiger partial charge in [0.05, 0.1) is 11.6 Å². The molecule has 62 valence electrons. The summed E-state index contributed by atoms with van der Waals surface area (Å²) in [7, 11) is 0. The Bertz CT molecular complexity index is 354.